The third-order valence-electron chi connectivity index (χ3n) is 2.66. The van der Waals surface area contributed by atoms with Gasteiger partial charge in [0.05, 0.1) is 0 Å². The summed E-state index contributed by atoms with van der Waals surface area (Å²) in [6.45, 7) is 6.16. The number of hydrogen-bond acceptors (Lipinski definition) is 2. The molecule has 0 amide bonds. The molecule has 0 atom stereocenters. The predicted molar refractivity (Wildman–Crippen MR) is 70.1 cm³/mol. The van der Waals surface area contributed by atoms with Gasteiger partial charge >= 0.3 is 0 Å². The highest BCUT2D eigenvalue weighted by Crippen LogP contribution is 2.28. The first-order valence-corrected chi connectivity index (χ1v) is 6.57. The molecule has 0 aromatic carbocycles. The van der Waals surface area contributed by atoms with Gasteiger partial charge < -0.3 is 0 Å². The minimum absolute atomic E-state index is 0.0962. The van der Waals surface area contributed by atoms with Gasteiger partial charge in [0, 0.05) is 28.1 Å². The SMILES string of the molecule is Cc1ccc(Cc2sc(C(C)C)cc2F)nc1. The molecule has 0 spiro atoms. The molecule has 0 aliphatic carbocycles. The van der Waals surface area contributed by atoms with E-state index in [2.05, 4.69) is 18.8 Å². The predicted octanol–water partition coefficient (Wildman–Crippen LogP) is 4.30. The van der Waals surface area contributed by atoms with Crippen molar-refractivity contribution in [1.82, 2.24) is 4.98 Å². The fourth-order valence-corrected chi connectivity index (χ4v) is 2.66. The van der Waals surface area contributed by atoms with Crippen molar-refractivity contribution in [1.29, 1.82) is 0 Å². The Labute approximate surface area is 105 Å². The van der Waals surface area contributed by atoms with E-state index in [0.29, 0.717) is 12.3 Å². The molecule has 2 rings (SSSR count). The Kier molecular flexibility index (Phi) is 3.57. The second-order valence-electron chi connectivity index (χ2n) is 4.58. The largest absolute Gasteiger partial charge is 0.261 e. The van der Waals surface area contributed by atoms with E-state index in [9.17, 15) is 4.39 Å². The summed E-state index contributed by atoms with van der Waals surface area (Å²) < 4.78 is 13.7. The van der Waals surface area contributed by atoms with Crippen molar-refractivity contribution >= 4 is 11.3 Å². The van der Waals surface area contributed by atoms with Crippen LogP contribution in [0.4, 0.5) is 4.39 Å². The lowest BCUT2D eigenvalue weighted by Crippen LogP contribution is -1.91. The van der Waals surface area contributed by atoms with Crippen LogP contribution in [0.5, 0.6) is 0 Å². The quantitative estimate of drug-likeness (QED) is 0.790. The van der Waals surface area contributed by atoms with E-state index in [1.807, 2.05) is 25.3 Å². The maximum Gasteiger partial charge on any atom is 0.137 e. The summed E-state index contributed by atoms with van der Waals surface area (Å²) in [6, 6.07) is 5.62. The average molecular weight is 249 g/mol. The summed E-state index contributed by atoms with van der Waals surface area (Å²) in [4.78, 5) is 6.19. The summed E-state index contributed by atoms with van der Waals surface area (Å²) >= 11 is 1.55. The number of halogens is 1. The van der Waals surface area contributed by atoms with Crippen LogP contribution in [0.25, 0.3) is 0 Å². The molecule has 17 heavy (non-hydrogen) atoms. The lowest BCUT2D eigenvalue weighted by atomic mass is 10.1. The normalized spacial score (nSPS) is 11.1. The smallest absolute Gasteiger partial charge is 0.137 e. The van der Waals surface area contributed by atoms with E-state index in [-0.39, 0.29) is 5.82 Å². The standard InChI is InChI=1S/C14H16FNS/c1-9(2)13-7-12(15)14(17-13)6-11-5-4-10(3)8-16-11/h4-5,7-9H,6H2,1-3H3. The van der Waals surface area contributed by atoms with Crippen LogP contribution in [-0.2, 0) is 6.42 Å². The highest BCUT2D eigenvalue weighted by molar-refractivity contribution is 7.12. The summed E-state index contributed by atoms with van der Waals surface area (Å²) in [5.74, 6) is 0.287. The fraction of sp³-hybridized carbons (Fsp3) is 0.357. The average Bonchev–Trinajstić information content (AvgIpc) is 2.64. The molecule has 2 aromatic heterocycles. The number of thiophene rings is 1. The molecule has 1 nitrogen and oxygen atoms in total. The van der Waals surface area contributed by atoms with Gasteiger partial charge in [0.15, 0.2) is 0 Å². The summed E-state index contributed by atoms with van der Waals surface area (Å²) in [7, 11) is 0. The van der Waals surface area contributed by atoms with Crippen molar-refractivity contribution in [3.63, 3.8) is 0 Å². The van der Waals surface area contributed by atoms with Gasteiger partial charge in [0.25, 0.3) is 0 Å². The minimum atomic E-state index is -0.0962. The van der Waals surface area contributed by atoms with E-state index in [1.165, 1.54) is 0 Å². The molecule has 3 heteroatoms. The molecule has 0 aliphatic heterocycles. The topological polar surface area (TPSA) is 12.9 Å². The zero-order valence-electron chi connectivity index (χ0n) is 10.3. The van der Waals surface area contributed by atoms with Crippen molar-refractivity contribution < 1.29 is 4.39 Å². The molecule has 0 bridgehead atoms. The van der Waals surface area contributed by atoms with Crippen molar-refractivity contribution in [2.45, 2.75) is 33.1 Å². The summed E-state index contributed by atoms with van der Waals surface area (Å²) in [5, 5.41) is 0. The number of aromatic nitrogens is 1. The zero-order valence-corrected chi connectivity index (χ0v) is 11.1. The monoisotopic (exact) mass is 249 g/mol. The van der Waals surface area contributed by atoms with E-state index in [1.54, 1.807) is 17.4 Å². The first-order chi connectivity index (χ1) is 8.06. The van der Waals surface area contributed by atoms with Crippen molar-refractivity contribution in [2.75, 3.05) is 0 Å². The van der Waals surface area contributed by atoms with Gasteiger partial charge in [-0.05, 0) is 30.5 Å². The second kappa shape index (κ2) is 4.96. The first-order valence-electron chi connectivity index (χ1n) is 5.76. The van der Waals surface area contributed by atoms with Crippen LogP contribution in [0.3, 0.4) is 0 Å². The van der Waals surface area contributed by atoms with Crippen LogP contribution in [0.15, 0.2) is 24.4 Å². The van der Waals surface area contributed by atoms with Crippen molar-refractivity contribution in [3.8, 4) is 0 Å². The van der Waals surface area contributed by atoms with Gasteiger partial charge in [-0.15, -0.1) is 11.3 Å². The molecule has 90 valence electrons. The highest BCUT2D eigenvalue weighted by atomic mass is 32.1. The van der Waals surface area contributed by atoms with Crippen LogP contribution in [0.2, 0.25) is 0 Å². The number of pyridine rings is 1. The maximum absolute atomic E-state index is 13.7. The Balaban J connectivity index is 2.21. The Hall–Kier alpha value is -1.22. The summed E-state index contributed by atoms with van der Waals surface area (Å²) in [5.41, 5.74) is 2.05. The number of aryl methyl sites for hydroxylation is 1. The molecule has 2 heterocycles. The van der Waals surface area contributed by atoms with Crippen molar-refractivity contribution in [3.05, 3.63) is 51.2 Å². The van der Waals surface area contributed by atoms with Crippen LogP contribution in [-0.4, -0.2) is 4.98 Å². The Morgan fingerprint density at radius 1 is 1.35 bits per heavy atom. The third-order valence-corrected chi connectivity index (χ3v) is 4.07. The Morgan fingerprint density at radius 3 is 2.65 bits per heavy atom. The fourth-order valence-electron chi connectivity index (χ4n) is 1.60. The lowest BCUT2D eigenvalue weighted by molar-refractivity contribution is 0.619. The lowest BCUT2D eigenvalue weighted by Gasteiger charge is -2.00. The van der Waals surface area contributed by atoms with Gasteiger partial charge in [-0.25, -0.2) is 4.39 Å². The summed E-state index contributed by atoms with van der Waals surface area (Å²) in [6.07, 6.45) is 2.41. The number of rotatable bonds is 3. The zero-order chi connectivity index (χ0) is 12.4. The van der Waals surface area contributed by atoms with E-state index in [0.717, 1.165) is 21.0 Å². The third kappa shape index (κ3) is 2.91. The number of hydrogen-bond donors (Lipinski definition) is 0. The number of nitrogens with zero attached hydrogens (tertiary/aromatic N) is 1. The highest BCUT2D eigenvalue weighted by Gasteiger charge is 2.12. The molecule has 0 saturated heterocycles. The van der Waals surface area contributed by atoms with Gasteiger partial charge in [0.2, 0.25) is 0 Å². The molecule has 0 aliphatic rings. The van der Waals surface area contributed by atoms with E-state index < -0.39 is 0 Å². The molecule has 0 N–H and O–H groups in total. The molecule has 0 unspecified atom stereocenters. The van der Waals surface area contributed by atoms with Gasteiger partial charge in [-0.3, -0.25) is 4.98 Å². The molecule has 0 saturated carbocycles. The van der Waals surface area contributed by atoms with Crippen LogP contribution in [0.1, 0.15) is 40.8 Å². The molecular formula is C14H16FNS. The van der Waals surface area contributed by atoms with E-state index in [4.69, 9.17) is 0 Å². The minimum Gasteiger partial charge on any atom is -0.261 e. The maximum atomic E-state index is 13.7. The first kappa shape index (κ1) is 12.2. The van der Waals surface area contributed by atoms with Gasteiger partial charge in [0.1, 0.15) is 5.82 Å². The van der Waals surface area contributed by atoms with E-state index >= 15 is 0 Å². The van der Waals surface area contributed by atoms with Gasteiger partial charge in [-0.1, -0.05) is 19.9 Å². The van der Waals surface area contributed by atoms with Gasteiger partial charge in [-0.2, -0.15) is 0 Å². The van der Waals surface area contributed by atoms with Crippen LogP contribution >= 0.6 is 11.3 Å². The Morgan fingerprint density at radius 2 is 2.12 bits per heavy atom. The molecule has 0 radical (unpaired) electrons. The molecule has 2 aromatic rings. The molecule has 0 fully saturated rings. The second-order valence-corrected chi connectivity index (χ2v) is 5.75. The van der Waals surface area contributed by atoms with Crippen LogP contribution in [0, 0.1) is 12.7 Å². The Bertz CT molecular complexity index is 499. The van der Waals surface area contributed by atoms with Crippen molar-refractivity contribution in [2.24, 2.45) is 0 Å². The molecular weight excluding hydrogens is 233 g/mol. The van der Waals surface area contributed by atoms with Crippen LogP contribution < -0.4 is 0 Å².